The third kappa shape index (κ3) is 3.05. The number of benzene rings is 5. The Morgan fingerprint density at radius 3 is 1.27 bits per heavy atom. The molecule has 0 saturated heterocycles. The van der Waals surface area contributed by atoms with E-state index >= 15 is 0 Å². The monoisotopic (exact) mass is 444 g/mol. The number of hydrogen-bond donors (Lipinski definition) is 1. The largest absolute Gasteiger partial charge is 0.376 e. The molecule has 5 aromatic rings. The Morgan fingerprint density at radius 1 is 0.424 bits per heavy atom. The first-order valence-electron chi connectivity index (χ1n) is 11.0. The van der Waals surface area contributed by atoms with Gasteiger partial charge >= 0.3 is 0 Å². The highest BCUT2D eigenvalue weighted by atomic mass is 35.5. The van der Waals surface area contributed by atoms with Crippen LogP contribution in [0.5, 0.6) is 0 Å². The van der Waals surface area contributed by atoms with Gasteiger partial charge in [0.15, 0.2) is 0 Å². The molecule has 0 atom stereocenters. The van der Waals surface area contributed by atoms with E-state index in [-0.39, 0.29) is 0 Å². The summed E-state index contributed by atoms with van der Waals surface area (Å²) in [5.74, 6) is 0. The van der Waals surface area contributed by atoms with Crippen LogP contribution in [0.4, 0.5) is 0 Å². The van der Waals surface area contributed by atoms with Crippen molar-refractivity contribution in [1.29, 1.82) is 0 Å². The molecule has 0 heterocycles. The SMILES string of the molecule is OC1(c2ccccc2-c2ccc(Cl)cc2)c2ccccc2-c2ccccc2-c2ccccc21. The van der Waals surface area contributed by atoms with Crippen molar-refractivity contribution in [3.63, 3.8) is 0 Å². The Labute approximate surface area is 198 Å². The maximum Gasteiger partial charge on any atom is 0.142 e. The molecule has 0 aliphatic heterocycles. The van der Waals surface area contributed by atoms with Gasteiger partial charge in [0.2, 0.25) is 0 Å². The highest BCUT2D eigenvalue weighted by Gasteiger charge is 2.41. The summed E-state index contributed by atoms with van der Waals surface area (Å²) in [6.07, 6.45) is 0. The molecule has 0 aromatic heterocycles. The van der Waals surface area contributed by atoms with Crippen LogP contribution in [0.3, 0.4) is 0 Å². The number of fused-ring (bicyclic) bond motifs is 5. The molecule has 1 aliphatic carbocycles. The summed E-state index contributed by atoms with van der Waals surface area (Å²) in [5.41, 5.74) is 7.58. The molecule has 1 nitrogen and oxygen atoms in total. The van der Waals surface area contributed by atoms with Crippen molar-refractivity contribution in [1.82, 2.24) is 0 Å². The van der Waals surface area contributed by atoms with Crippen LogP contribution < -0.4 is 0 Å². The summed E-state index contributed by atoms with van der Waals surface area (Å²) in [6, 6.07) is 40.7. The van der Waals surface area contributed by atoms with Crippen molar-refractivity contribution >= 4 is 11.6 Å². The van der Waals surface area contributed by atoms with Gasteiger partial charge in [0.05, 0.1) is 0 Å². The van der Waals surface area contributed by atoms with Crippen molar-refractivity contribution < 1.29 is 5.11 Å². The highest BCUT2D eigenvalue weighted by Crippen LogP contribution is 2.51. The Kier molecular flexibility index (Phi) is 4.69. The van der Waals surface area contributed by atoms with Crippen LogP contribution in [0.2, 0.25) is 5.02 Å². The molecular weight excluding hydrogens is 424 g/mol. The summed E-state index contributed by atoms with van der Waals surface area (Å²) in [6.45, 7) is 0. The van der Waals surface area contributed by atoms with Gasteiger partial charge in [0.25, 0.3) is 0 Å². The van der Waals surface area contributed by atoms with Gasteiger partial charge in [0.1, 0.15) is 5.60 Å². The van der Waals surface area contributed by atoms with Gasteiger partial charge < -0.3 is 5.11 Å². The number of aliphatic hydroxyl groups is 1. The van der Waals surface area contributed by atoms with E-state index in [2.05, 4.69) is 42.5 Å². The summed E-state index contributed by atoms with van der Waals surface area (Å²) in [7, 11) is 0. The molecule has 33 heavy (non-hydrogen) atoms. The van der Waals surface area contributed by atoms with Gasteiger partial charge in [-0.15, -0.1) is 0 Å². The fourth-order valence-corrected chi connectivity index (χ4v) is 5.26. The van der Waals surface area contributed by atoms with Crippen molar-refractivity contribution in [2.75, 3.05) is 0 Å². The predicted molar refractivity (Wildman–Crippen MR) is 136 cm³/mol. The molecular formula is C31H21ClO. The first-order valence-corrected chi connectivity index (χ1v) is 11.4. The zero-order chi connectivity index (χ0) is 22.4. The van der Waals surface area contributed by atoms with Crippen LogP contribution in [0.15, 0.2) is 121 Å². The molecule has 158 valence electrons. The predicted octanol–water partition coefficient (Wildman–Crippen LogP) is 7.94. The molecule has 2 heteroatoms. The van der Waals surface area contributed by atoms with Crippen LogP contribution in [-0.4, -0.2) is 5.11 Å². The maximum absolute atomic E-state index is 12.9. The molecule has 0 bridgehead atoms. The molecule has 0 spiro atoms. The first-order chi connectivity index (χ1) is 16.2. The van der Waals surface area contributed by atoms with Crippen LogP contribution in [0.25, 0.3) is 33.4 Å². The summed E-state index contributed by atoms with van der Waals surface area (Å²) in [4.78, 5) is 0. The second-order valence-electron chi connectivity index (χ2n) is 8.40. The van der Waals surface area contributed by atoms with E-state index in [0.29, 0.717) is 5.02 Å². The van der Waals surface area contributed by atoms with E-state index in [1.54, 1.807) is 0 Å². The van der Waals surface area contributed by atoms with Gasteiger partial charge in [0, 0.05) is 21.7 Å². The molecule has 5 aromatic carbocycles. The summed E-state index contributed by atoms with van der Waals surface area (Å²) < 4.78 is 0. The summed E-state index contributed by atoms with van der Waals surface area (Å²) >= 11 is 6.17. The van der Waals surface area contributed by atoms with E-state index in [9.17, 15) is 5.11 Å². The molecule has 1 N–H and O–H groups in total. The molecule has 0 amide bonds. The maximum atomic E-state index is 12.9. The van der Waals surface area contributed by atoms with Crippen molar-refractivity contribution in [2.45, 2.75) is 5.60 Å². The van der Waals surface area contributed by atoms with Gasteiger partial charge in [-0.2, -0.15) is 0 Å². The average molecular weight is 445 g/mol. The lowest BCUT2D eigenvalue weighted by molar-refractivity contribution is 0.128. The van der Waals surface area contributed by atoms with E-state index in [0.717, 1.165) is 50.1 Å². The minimum Gasteiger partial charge on any atom is -0.376 e. The quantitative estimate of drug-likeness (QED) is 0.293. The van der Waals surface area contributed by atoms with Crippen molar-refractivity contribution in [3.05, 3.63) is 143 Å². The Bertz CT molecular complexity index is 1420. The Hall–Kier alpha value is -3.65. The minimum atomic E-state index is -1.34. The smallest absolute Gasteiger partial charge is 0.142 e. The number of rotatable bonds is 2. The van der Waals surface area contributed by atoms with Gasteiger partial charge in [-0.3, -0.25) is 0 Å². The average Bonchev–Trinajstić information content (AvgIpc) is 2.97. The van der Waals surface area contributed by atoms with Gasteiger partial charge in [-0.05, 0) is 45.5 Å². The zero-order valence-electron chi connectivity index (χ0n) is 17.9. The fraction of sp³-hybridized carbons (Fsp3) is 0.0323. The lowest BCUT2D eigenvalue weighted by Crippen LogP contribution is -2.30. The normalized spacial score (nSPS) is 13.4. The fourth-order valence-electron chi connectivity index (χ4n) is 5.13. The van der Waals surface area contributed by atoms with E-state index in [1.807, 2.05) is 78.9 Å². The lowest BCUT2D eigenvalue weighted by Gasteiger charge is -2.33. The van der Waals surface area contributed by atoms with Crippen LogP contribution in [0, 0.1) is 0 Å². The minimum absolute atomic E-state index is 0.690. The highest BCUT2D eigenvalue weighted by molar-refractivity contribution is 6.30. The molecule has 0 radical (unpaired) electrons. The first kappa shape index (κ1) is 20.0. The van der Waals surface area contributed by atoms with Gasteiger partial charge in [-0.25, -0.2) is 0 Å². The molecule has 1 aliphatic rings. The second kappa shape index (κ2) is 7.74. The van der Waals surface area contributed by atoms with Crippen LogP contribution in [-0.2, 0) is 5.60 Å². The van der Waals surface area contributed by atoms with Crippen molar-refractivity contribution in [2.24, 2.45) is 0 Å². The Balaban J connectivity index is 1.74. The van der Waals surface area contributed by atoms with Crippen LogP contribution in [0.1, 0.15) is 16.7 Å². The summed E-state index contributed by atoms with van der Waals surface area (Å²) in [5, 5.41) is 13.6. The zero-order valence-corrected chi connectivity index (χ0v) is 18.6. The third-order valence-electron chi connectivity index (χ3n) is 6.61. The Morgan fingerprint density at radius 2 is 0.788 bits per heavy atom. The van der Waals surface area contributed by atoms with E-state index < -0.39 is 5.60 Å². The second-order valence-corrected chi connectivity index (χ2v) is 8.84. The third-order valence-corrected chi connectivity index (χ3v) is 6.87. The molecule has 6 rings (SSSR count). The number of halogens is 1. The van der Waals surface area contributed by atoms with Crippen molar-refractivity contribution in [3.8, 4) is 33.4 Å². The lowest BCUT2D eigenvalue weighted by atomic mass is 9.75. The van der Waals surface area contributed by atoms with Gasteiger partial charge in [-0.1, -0.05) is 121 Å². The standard InChI is InChI=1S/C31H21ClO/c32-22-19-17-21(18-20-22)23-9-3-6-14-28(23)31(33)29-15-7-4-12-26(29)24-10-1-2-11-25(24)27-13-5-8-16-30(27)31/h1-20,33H. The topological polar surface area (TPSA) is 20.2 Å². The van der Waals surface area contributed by atoms with E-state index in [1.165, 1.54) is 0 Å². The number of hydrogen-bond acceptors (Lipinski definition) is 1. The van der Waals surface area contributed by atoms with Crippen LogP contribution >= 0.6 is 11.6 Å². The van der Waals surface area contributed by atoms with E-state index in [4.69, 9.17) is 11.6 Å². The molecule has 0 saturated carbocycles. The molecule has 0 fully saturated rings. The molecule has 0 unspecified atom stereocenters.